The topological polar surface area (TPSA) is 21.3 Å². The Kier molecular flexibility index (Phi) is 7.14. The molecule has 0 saturated carbocycles. The van der Waals surface area contributed by atoms with Gasteiger partial charge in [0.05, 0.1) is 6.10 Å². The summed E-state index contributed by atoms with van der Waals surface area (Å²) in [5.74, 6) is 1.63. The lowest BCUT2D eigenvalue weighted by atomic mass is 9.90. The van der Waals surface area contributed by atoms with Gasteiger partial charge >= 0.3 is 0 Å². The minimum Gasteiger partial charge on any atom is -0.378 e. The molecule has 1 saturated heterocycles. The summed E-state index contributed by atoms with van der Waals surface area (Å²) in [5, 5.41) is 3.47. The average molecular weight is 241 g/mol. The summed E-state index contributed by atoms with van der Waals surface area (Å²) in [6, 6.07) is 0.631. The summed E-state index contributed by atoms with van der Waals surface area (Å²) in [6.07, 6.45) is 8.19. The van der Waals surface area contributed by atoms with Gasteiger partial charge in [-0.2, -0.15) is 0 Å². The van der Waals surface area contributed by atoms with E-state index >= 15 is 0 Å². The van der Waals surface area contributed by atoms with E-state index in [4.69, 9.17) is 4.74 Å². The zero-order chi connectivity index (χ0) is 12.7. The molecule has 0 bridgehead atoms. The molecule has 0 aromatic rings. The fourth-order valence-electron chi connectivity index (χ4n) is 3.03. The van der Waals surface area contributed by atoms with Crippen molar-refractivity contribution in [2.45, 2.75) is 71.4 Å². The predicted molar refractivity (Wildman–Crippen MR) is 74.3 cm³/mol. The maximum atomic E-state index is 5.83. The highest BCUT2D eigenvalue weighted by Gasteiger charge is 2.20. The highest BCUT2D eigenvalue weighted by atomic mass is 16.5. The van der Waals surface area contributed by atoms with E-state index in [2.05, 4.69) is 33.1 Å². The van der Waals surface area contributed by atoms with Crippen molar-refractivity contribution >= 4 is 0 Å². The number of hydrogen-bond donors (Lipinski definition) is 1. The molecule has 3 unspecified atom stereocenters. The van der Waals surface area contributed by atoms with Crippen LogP contribution in [0.2, 0.25) is 0 Å². The van der Waals surface area contributed by atoms with Gasteiger partial charge in [0.15, 0.2) is 0 Å². The van der Waals surface area contributed by atoms with Crippen molar-refractivity contribution in [1.82, 2.24) is 5.32 Å². The van der Waals surface area contributed by atoms with Crippen LogP contribution in [0.5, 0.6) is 0 Å². The Hall–Kier alpha value is -0.0800. The van der Waals surface area contributed by atoms with Crippen LogP contribution in [0.4, 0.5) is 0 Å². The molecule has 0 aliphatic carbocycles. The summed E-state index contributed by atoms with van der Waals surface area (Å²) >= 11 is 0. The number of hydrogen-bond acceptors (Lipinski definition) is 2. The van der Waals surface area contributed by atoms with Crippen LogP contribution in [0, 0.1) is 11.8 Å². The maximum absolute atomic E-state index is 5.83. The van der Waals surface area contributed by atoms with E-state index in [-0.39, 0.29) is 0 Å². The van der Waals surface area contributed by atoms with Crippen LogP contribution in [-0.4, -0.2) is 25.8 Å². The summed E-state index contributed by atoms with van der Waals surface area (Å²) in [5.41, 5.74) is 0. The first kappa shape index (κ1) is 15.0. The van der Waals surface area contributed by atoms with Gasteiger partial charge in [-0.3, -0.25) is 0 Å². The van der Waals surface area contributed by atoms with E-state index in [9.17, 15) is 0 Å². The smallest absolute Gasteiger partial charge is 0.0590 e. The molecule has 0 aromatic heterocycles. The van der Waals surface area contributed by atoms with Crippen LogP contribution in [0.15, 0.2) is 0 Å². The van der Waals surface area contributed by atoms with Gasteiger partial charge < -0.3 is 10.1 Å². The Labute approximate surface area is 108 Å². The first-order valence-corrected chi connectivity index (χ1v) is 7.40. The molecule has 1 aliphatic heterocycles. The Morgan fingerprint density at radius 1 is 1.18 bits per heavy atom. The monoisotopic (exact) mass is 241 g/mol. The van der Waals surface area contributed by atoms with Crippen LogP contribution in [-0.2, 0) is 4.74 Å². The molecular formula is C15H31NO. The van der Waals surface area contributed by atoms with E-state index in [0.29, 0.717) is 12.1 Å². The standard InChI is InChI=1S/C15H31NO/c1-12(2)9-13(3)10-14(16-4)11-15-7-5-6-8-17-15/h12-16H,5-11H2,1-4H3. The molecule has 1 fully saturated rings. The van der Waals surface area contributed by atoms with Crippen molar-refractivity contribution in [2.75, 3.05) is 13.7 Å². The molecular weight excluding hydrogens is 210 g/mol. The minimum atomic E-state index is 0.507. The zero-order valence-corrected chi connectivity index (χ0v) is 12.2. The molecule has 0 aromatic carbocycles. The lowest BCUT2D eigenvalue weighted by Gasteiger charge is -2.28. The Bertz CT molecular complexity index is 187. The summed E-state index contributed by atoms with van der Waals surface area (Å²) in [6.45, 7) is 7.99. The normalized spacial score (nSPS) is 24.9. The second kappa shape index (κ2) is 8.10. The summed E-state index contributed by atoms with van der Waals surface area (Å²) in [4.78, 5) is 0. The third-order valence-corrected chi connectivity index (χ3v) is 3.79. The van der Waals surface area contributed by atoms with Gasteiger partial charge in [-0.25, -0.2) is 0 Å². The third-order valence-electron chi connectivity index (χ3n) is 3.79. The molecule has 0 amide bonds. The van der Waals surface area contributed by atoms with Crippen molar-refractivity contribution in [3.63, 3.8) is 0 Å². The first-order chi connectivity index (χ1) is 8.11. The van der Waals surface area contributed by atoms with Gasteiger partial charge in [0.25, 0.3) is 0 Å². The largest absolute Gasteiger partial charge is 0.378 e. The average Bonchev–Trinajstić information content (AvgIpc) is 2.28. The highest BCUT2D eigenvalue weighted by Crippen LogP contribution is 2.22. The molecule has 1 rings (SSSR count). The van der Waals surface area contributed by atoms with Crippen LogP contribution < -0.4 is 5.32 Å². The van der Waals surface area contributed by atoms with E-state index in [1.165, 1.54) is 38.5 Å². The van der Waals surface area contributed by atoms with Crippen LogP contribution in [0.25, 0.3) is 0 Å². The van der Waals surface area contributed by atoms with Gasteiger partial charge in [-0.15, -0.1) is 0 Å². The fourth-order valence-corrected chi connectivity index (χ4v) is 3.03. The van der Waals surface area contributed by atoms with Crippen LogP contribution in [0.1, 0.15) is 59.3 Å². The molecule has 0 radical (unpaired) electrons. The van der Waals surface area contributed by atoms with E-state index in [1.807, 2.05) is 0 Å². The summed E-state index contributed by atoms with van der Waals surface area (Å²) in [7, 11) is 2.09. The number of nitrogens with one attached hydrogen (secondary N) is 1. The molecule has 1 heterocycles. The Morgan fingerprint density at radius 3 is 2.47 bits per heavy atom. The molecule has 0 spiro atoms. The third kappa shape index (κ3) is 6.42. The number of ether oxygens (including phenoxy) is 1. The molecule has 3 atom stereocenters. The minimum absolute atomic E-state index is 0.507. The second-order valence-electron chi connectivity index (χ2n) is 6.18. The Balaban J connectivity index is 2.26. The van der Waals surface area contributed by atoms with Crippen molar-refractivity contribution in [3.8, 4) is 0 Å². The van der Waals surface area contributed by atoms with Crippen molar-refractivity contribution in [1.29, 1.82) is 0 Å². The van der Waals surface area contributed by atoms with Gasteiger partial charge in [0.1, 0.15) is 0 Å². The summed E-state index contributed by atoms with van der Waals surface area (Å²) < 4.78 is 5.83. The SMILES string of the molecule is CNC(CC(C)CC(C)C)CC1CCCCO1. The fraction of sp³-hybridized carbons (Fsp3) is 1.00. The molecule has 1 aliphatic rings. The molecule has 2 nitrogen and oxygen atoms in total. The van der Waals surface area contributed by atoms with Crippen molar-refractivity contribution in [2.24, 2.45) is 11.8 Å². The lowest BCUT2D eigenvalue weighted by Crippen LogP contribution is -2.34. The maximum Gasteiger partial charge on any atom is 0.0590 e. The van der Waals surface area contributed by atoms with Gasteiger partial charge in [0.2, 0.25) is 0 Å². The van der Waals surface area contributed by atoms with Crippen LogP contribution >= 0.6 is 0 Å². The first-order valence-electron chi connectivity index (χ1n) is 7.40. The molecule has 2 heteroatoms. The van der Waals surface area contributed by atoms with Gasteiger partial charge in [-0.05, 0) is 57.4 Å². The zero-order valence-electron chi connectivity index (χ0n) is 12.2. The predicted octanol–water partition coefficient (Wildman–Crippen LogP) is 3.61. The molecule has 1 N–H and O–H groups in total. The molecule has 102 valence electrons. The highest BCUT2D eigenvalue weighted by molar-refractivity contribution is 4.75. The van der Waals surface area contributed by atoms with Gasteiger partial charge in [0, 0.05) is 12.6 Å². The van der Waals surface area contributed by atoms with E-state index in [0.717, 1.165) is 18.4 Å². The van der Waals surface area contributed by atoms with E-state index < -0.39 is 0 Å². The lowest BCUT2D eigenvalue weighted by molar-refractivity contribution is 0.00419. The van der Waals surface area contributed by atoms with Crippen molar-refractivity contribution < 1.29 is 4.74 Å². The van der Waals surface area contributed by atoms with E-state index in [1.54, 1.807) is 0 Å². The van der Waals surface area contributed by atoms with Crippen LogP contribution in [0.3, 0.4) is 0 Å². The number of rotatable bonds is 7. The van der Waals surface area contributed by atoms with Gasteiger partial charge in [-0.1, -0.05) is 20.8 Å². The molecule has 17 heavy (non-hydrogen) atoms. The Morgan fingerprint density at radius 2 is 1.94 bits per heavy atom. The van der Waals surface area contributed by atoms with Crippen molar-refractivity contribution in [3.05, 3.63) is 0 Å². The second-order valence-corrected chi connectivity index (χ2v) is 6.18. The quantitative estimate of drug-likeness (QED) is 0.735.